The maximum atomic E-state index is 12.1. The van der Waals surface area contributed by atoms with E-state index >= 15 is 0 Å². The molecule has 0 saturated heterocycles. The van der Waals surface area contributed by atoms with Gasteiger partial charge < -0.3 is 10.2 Å². The van der Waals surface area contributed by atoms with Crippen molar-refractivity contribution in [2.24, 2.45) is 0 Å². The van der Waals surface area contributed by atoms with E-state index in [9.17, 15) is 10.2 Å². The SMILES string of the molecule is CCCCCC(CC)c1cc(Cc2cc(C(CC)CCCCC)cc(-c3cccc4n[nH]nc34)c2O)c(O)c(-c2cccc3n[nH]nc23)c1. The number of aromatic amines is 2. The summed E-state index contributed by atoms with van der Waals surface area (Å²) < 4.78 is 0. The lowest BCUT2D eigenvalue weighted by atomic mass is 9.84. The summed E-state index contributed by atoms with van der Waals surface area (Å²) in [6.45, 7) is 8.97. The normalized spacial score (nSPS) is 13.0. The molecule has 0 aliphatic heterocycles. The summed E-state index contributed by atoms with van der Waals surface area (Å²) in [7, 11) is 0. The Labute approximate surface area is 289 Å². The van der Waals surface area contributed by atoms with Gasteiger partial charge in [0.15, 0.2) is 0 Å². The summed E-state index contributed by atoms with van der Waals surface area (Å²) in [6.07, 6.45) is 11.6. The number of rotatable bonds is 16. The van der Waals surface area contributed by atoms with Crippen molar-refractivity contribution >= 4 is 22.1 Å². The van der Waals surface area contributed by atoms with Crippen molar-refractivity contribution in [2.75, 3.05) is 0 Å². The first kappa shape index (κ1) is 34.2. The molecule has 0 amide bonds. The van der Waals surface area contributed by atoms with Crippen molar-refractivity contribution in [3.05, 3.63) is 82.9 Å². The molecule has 0 saturated carbocycles. The molecule has 2 heterocycles. The summed E-state index contributed by atoms with van der Waals surface area (Å²) in [6, 6.07) is 20.4. The number of hydrogen-bond acceptors (Lipinski definition) is 6. The Morgan fingerprint density at radius 2 is 1.00 bits per heavy atom. The van der Waals surface area contributed by atoms with Crippen LogP contribution in [-0.2, 0) is 6.42 Å². The molecule has 0 aliphatic carbocycles. The molecule has 0 spiro atoms. The average Bonchev–Trinajstić information content (AvgIpc) is 3.81. The first-order valence-corrected chi connectivity index (χ1v) is 18.3. The highest BCUT2D eigenvalue weighted by molar-refractivity contribution is 5.95. The lowest BCUT2D eigenvalue weighted by Gasteiger charge is -2.22. The number of unbranched alkanes of at least 4 members (excludes halogenated alkanes) is 4. The van der Waals surface area contributed by atoms with Crippen LogP contribution in [0.25, 0.3) is 44.3 Å². The lowest BCUT2D eigenvalue weighted by molar-refractivity contribution is 0.463. The molecule has 0 aliphatic rings. The molecule has 0 bridgehead atoms. The number of phenolic OH excluding ortho intramolecular Hbond substituents is 2. The number of aromatic nitrogens is 6. The smallest absolute Gasteiger partial charge is 0.127 e. The summed E-state index contributed by atoms with van der Waals surface area (Å²) in [4.78, 5) is 0. The molecule has 6 rings (SSSR count). The van der Waals surface area contributed by atoms with Crippen LogP contribution in [0.1, 0.15) is 126 Å². The zero-order valence-corrected chi connectivity index (χ0v) is 29.4. The van der Waals surface area contributed by atoms with Crippen LogP contribution >= 0.6 is 0 Å². The van der Waals surface area contributed by atoms with Crippen LogP contribution in [0.15, 0.2) is 60.7 Å². The Morgan fingerprint density at radius 1 is 0.551 bits per heavy atom. The first-order chi connectivity index (χ1) is 24.0. The van der Waals surface area contributed by atoms with E-state index in [2.05, 4.69) is 82.8 Å². The molecule has 0 fully saturated rings. The van der Waals surface area contributed by atoms with Crippen LogP contribution in [0.2, 0.25) is 0 Å². The molecular weight excluding hydrogens is 608 g/mol. The van der Waals surface area contributed by atoms with Gasteiger partial charge in [-0.2, -0.15) is 30.8 Å². The largest absolute Gasteiger partial charge is 0.507 e. The van der Waals surface area contributed by atoms with Gasteiger partial charge in [0.25, 0.3) is 0 Å². The highest BCUT2D eigenvalue weighted by atomic mass is 16.3. The molecule has 2 atom stereocenters. The molecule has 2 unspecified atom stereocenters. The number of nitrogens with one attached hydrogen (secondary N) is 2. The monoisotopic (exact) mass is 658 g/mol. The van der Waals surface area contributed by atoms with Crippen LogP contribution < -0.4 is 0 Å². The minimum Gasteiger partial charge on any atom is -0.507 e. The molecular formula is C41H50N6O2. The lowest BCUT2D eigenvalue weighted by Crippen LogP contribution is -2.04. The van der Waals surface area contributed by atoms with E-state index in [1.165, 1.54) is 36.8 Å². The maximum absolute atomic E-state index is 12.1. The van der Waals surface area contributed by atoms with Gasteiger partial charge in [-0.3, -0.25) is 0 Å². The number of phenols is 2. The Morgan fingerprint density at radius 3 is 1.41 bits per heavy atom. The minimum atomic E-state index is 0.211. The zero-order chi connectivity index (χ0) is 34.3. The van der Waals surface area contributed by atoms with Gasteiger partial charge in [0.05, 0.1) is 0 Å². The number of fused-ring (bicyclic) bond motifs is 2. The Balaban J connectivity index is 1.52. The highest BCUT2D eigenvalue weighted by Crippen LogP contribution is 2.44. The Hall–Kier alpha value is -4.72. The number of para-hydroxylation sites is 2. The third kappa shape index (κ3) is 7.19. The van der Waals surface area contributed by atoms with E-state index in [1.807, 2.05) is 36.4 Å². The quantitative estimate of drug-likeness (QED) is 0.0767. The van der Waals surface area contributed by atoms with Crippen molar-refractivity contribution in [3.63, 3.8) is 0 Å². The van der Waals surface area contributed by atoms with Gasteiger partial charge in [0.2, 0.25) is 0 Å². The zero-order valence-electron chi connectivity index (χ0n) is 29.4. The molecule has 4 N–H and O–H groups in total. The van der Waals surface area contributed by atoms with E-state index in [0.717, 1.165) is 94.0 Å². The fraction of sp³-hybridized carbons (Fsp3) is 0.415. The molecule has 6 aromatic rings. The molecule has 0 radical (unpaired) electrons. The molecule has 4 aromatic carbocycles. The van der Waals surface area contributed by atoms with Gasteiger partial charge in [0.1, 0.15) is 33.6 Å². The molecule has 256 valence electrons. The van der Waals surface area contributed by atoms with Crippen molar-refractivity contribution < 1.29 is 10.2 Å². The van der Waals surface area contributed by atoms with E-state index < -0.39 is 0 Å². The van der Waals surface area contributed by atoms with Gasteiger partial charge in [-0.05, 0) is 84.0 Å². The van der Waals surface area contributed by atoms with E-state index in [-0.39, 0.29) is 11.5 Å². The van der Waals surface area contributed by atoms with Gasteiger partial charge >= 0.3 is 0 Å². The summed E-state index contributed by atoms with van der Waals surface area (Å²) in [5.74, 6) is 1.12. The summed E-state index contributed by atoms with van der Waals surface area (Å²) in [5, 5.41) is 47.2. The third-order valence-corrected chi connectivity index (χ3v) is 10.3. The van der Waals surface area contributed by atoms with Crippen LogP contribution in [0.5, 0.6) is 11.5 Å². The summed E-state index contributed by atoms with van der Waals surface area (Å²) in [5.41, 5.74) is 10.1. The second-order valence-electron chi connectivity index (χ2n) is 13.5. The van der Waals surface area contributed by atoms with Crippen LogP contribution in [0, 0.1) is 0 Å². The van der Waals surface area contributed by atoms with Crippen molar-refractivity contribution in [1.82, 2.24) is 30.8 Å². The van der Waals surface area contributed by atoms with E-state index in [1.54, 1.807) is 0 Å². The van der Waals surface area contributed by atoms with Crippen molar-refractivity contribution in [1.29, 1.82) is 0 Å². The summed E-state index contributed by atoms with van der Waals surface area (Å²) >= 11 is 0. The third-order valence-electron chi connectivity index (χ3n) is 10.3. The van der Waals surface area contributed by atoms with Gasteiger partial charge in [0, 0.05) is 28.7 Å². The number of H-pyrrole nitrogens is 2. The molecule has 8 nitrogen and oxygen atoms in total. The second-order valence-corrected chi connectivity index (χ2v) is 13.5. The van der Waals surface area contributed by atoms with Gasteiger partial charge in [-0.1, -0.05) is 103 Å². The fourth-order valence-corrected chi connectivity index (χ4v) is 7.46. The number of benzene rings is 4. The maximum Gasteiger partial charge on any atom is 0.127 e. The minimum absolute atomic E-state index is 0.211. The highest BCUT2D eigenvalue weighted by Gasteiger charge is 2.23. The predicted octanol–water partition coefficient (Wildman–Crippen LogP) is 10.7. The van der Waals surface area contributed by atoms with Crippen LogP contribution in [0.4, 0.5) is 0 Å². The number of nitrogens with zero attached hydrogens (tertiary/aromatic N) is 4. The predicted molar refractivity (Wildman–Crippen MR) is 199 cm³/mol. The molecule has 2 aromatic heterocycles. The van der Waals surface area contributed by atoms with Crippen molar-refractivity contribution in [3.8, 4) is 33.8 Å². The molecule has 8 heteroatoms. The first-order valence-electron chi connectivity index (χ1n) is 18.3. The van der Waals surface area contributed by atoms with Crippen LogP contribution in [0.3, 0.4) is 0 Å². The number of hydrogen-bond donors (Lipinski definition) is 4. The van der Waals surface area contributed by atoms with Crippen molar-refractivity contribution in [2.45, 2.75) is 110 Å². The fourth-order valence-electron chi connectivity index (χ4n) is 7.46. The van der Waals surface area contributed by atoms with Crippen LogP contribution in [-0.4, -0.2) is 41.0 Å². The Bertz CT molecular complexity index is 1870. The average molecular weight is 659 g/mol. The van der Waals surface area contributed by atoms with Gasteiger partial charge in [-0.25, -0.2) is 0 Å². The second kappa shape index (κ2) is 15.7. The molecule has 49 heavy (non-hydrogen) atoms. The topological polar surface area (TPSA) is 124 Å². The Kier molecular flexibility index (Phi) is 10.9. The number of aromatic hydroxyl groups is 2. The van der Waals surface area contributed by atoms with E-state index in [0.29, 0.717) is 18.3 Å². The van der Waals surface area contributed by atoms with Gasteiger partial charge in [-0.15, -0.1) is 0 Å². The standard InChI is InChI=1S/C41H50N6O2/c1-5-9-11-15-26(7-3)28-21-30(40(48)34(24-28)32-17-13-19-36-38(32)44-46-42-36)23-31-22-29(27(8-4)16-12-10-6-2)25-35(41(31)49)33-18-14-20-37-39(33)45-47-43-37/h13-14,17-22,24-27,48-49H,5-12,15-16,23H2,1-4H3,(H,42,44,46)(H,43,45,47). The van der Waals surface area contributed by atoms with E-state index in [4.69, 9.17) is 0 Å².